The molecule has 0 aliphatic rings. The lowest BCUT2D eigenvalue weighted by Crippen LogP contribution is -2.03. The summed E-state index contributed by atoms with van der Waals surface area (Å²) in [4.78, 5) is 0. The molecule has 0 bridgehead atoms. The third kappa shape index (κ3) is 3.62. The molecule has 3 heteroatoms. The van der Waals surface area contributed by atoms with Crippen molar-refractivity contribution in [3.8, 4) is 5.75 Å². The maximum Gasteiger partial charge on any atom is 0.123 e. The van der Waals surface area contributed by atoms with Crippen LogP contribution < -0.4 is 10.5 Å². The number of benzene rings is 1. The van der Waals surface area contributed by atoms with Crippen molar-refractivity contribution in [3.63, 3.8) is 0 Å². The van der Waals surface area contributed by atoms with Crippen molar-refractivity contribution in [2.24, 2.45) is 5.73 Å². The minimum atomic E-state index is 0.685. The van der Waals surface area contributed by atoms with E-state index in [4.69, 9.17) is 22.1 Å². The van der Waals surface area contributed by atoms with Gasteiger partial charge in [-0.15, -0.1) is 0 Å². The average molecular weight is 256 g/mol. The van der Waals surface area contributed by atoms with Crippen LogP contribution in [0, 0.1) is 13.8 Å². The van der Waals surface area contributed by atoms with Crippen molar-refractivity contribution in [2.75, 3.05) is 13.2 Å². The van der Waals surface area contributed by atoms with Gasteiger partial charge in [0.25, 0.3) is 0 Å². The van der Waals surface area contributed by atoms with Crippen LogP contribution in [0.5, 0.6) is 5.75 Å². The van der Waals surface area contributed by atoms with Crippen molar-refractivity contribution < 1.29 is 4.74 Å². The minimum Gasteiger partial charge on any atom is -0.494 e. The highest BCUT2D eigenvalue weighted by atomic mass is 35.5. The molecule has 0 aromatic heterocycles. The van der Waals surface area contributed by atoms with Gasteiger partial charge in [0.15, 0.2) is 0 Å². The fourth-order valence-electron chi connectivity index (χ4n) is 2.00. The molecule has 96 valence electrons. The zero-order valence-electron chi connectivity index (χ0n) is 11.0. The van der Waals surface area contributed by atoms with Crippen molar-refractivity contribution in [1.82, 2.24) is 0 Å². The normalized spacial score (nSPS) is 10.6. The van der Waals surface area contributed by atoms with E-state index in [-0.39, 0.29) is 0 Å². The Morgan fingerprint density at radius 1 is 1.29 bits per heavy atom. The summed E-state index contributed by atoms with van der Waals surface area (Å²) in [6.07, 6.45) is 3.10. The van der Waals surface area contributed by atoms with E-state index >= 15 is 0 Å². The van der Waals surface area contributed by atoms with E-state index in [1.807, 2.05) is 19.9 Å². The minimum absolute atomic E-state index is 0.685. The Morgan fingerprint density at radius 3 is 2.59 bits per heavy atom. The van der Waals surface area contributed by atoms with Crippen LogP contribution in [0.2, 0.25) is 5.02 Å². The fourth-order valence-corrected chi connectivity index (χ4v) is 2.17. The first kappa shape index (κ1) is 14.3. The van der Waals surface area contributed by atoms with Gasteiger partial charge in [0.05, 0.1) is 6.61 Å². The van der Waals surface area contributed by atoms with Crippen LogP contribution in [0.3, 0.4) is 0 Å². The number of halogens is 1. The van der Waals surface area contributed by atoms with Gasteiger partial charge in [0.2, 0.25) is 0 Å². The molecule has 0 fully saturated rings. The van der Waals surface area contributed by atoms with Crippen molar-refractivity contribution in [1.29, 1.82) is 0 Å². The predicted molar refractivity (Wildman–Crippen MR) is 74.1 cm³/mol. The number of unbranched alkanes of at least 4 members (excludes halogenated alkanes) is 1. The van der Waals surface area contributed by atoms with Crippen LogP contribution in [-0.4, -0.2) is 13.2 Å². The third-order valence-corrected chi connectivity index (χ3v) is 3.54. The van der Waals surface area contributed by atoms with Gasteiger partial charge in [-0.2, -0.15) is 0 Å². The lowest BCUT2D eigenvalue weighted by atomic mass is 9.99. The summed E-state index contributed by atoms with van der Waals surface area (Å²) in [7, 11) is 0. The number of aryl methyl sites for hydroxylation is 1. The van der Waals surface area contributed by atoms with E-state index in [1.54, 1.807) is 0 Å². The highest BCUT2D eigenvalue weighted by Crippen LogP contribution is 2.32. The first-order chi connectivity index (χ1) is 8.11. The van der Waals surface area contributed by atoms with Gasteiger partial charge < -0.3 is 10.5 Å². The first-order valence-electron chi connectivity index (χ1n) is 6.23. The van der Waals surface area contributed by atoms with E-state index in [0.29, 0.717) is 6.61 Å². The summed E-state index contributed by atoms with van der Waals surface area (Å²) in [5.74, 6) is 0.976. The molecule has 2 N–H and O–H groups in total. The van der Waals surface area contributed by atoms with E-state index in [0.717, 1.165) is 47.7 Å². The molecule has 0 unspecified atom stereocenters. The van der Waals surface area contributed by atoms with Gasteiger partial charge in [-0.1, -0.05) is 11.6 Å². The highest BCUT2D eigenvalue weighted by Gasteiger charge is 2.12. The zero-order valence-corrected chi connectivity index (χ0v) is 11.7. The molecule has 1 aromatic rings. The maximum absolute atomic E-state index is 6.29. The second-order valence-electron chi connectivity index (χ2n) is 4.29. The van der Waals surface area contributed by atoms with Gasteiger partial charge >= 0.3 is 0 Å². The van der Waals surface area contributed by atoms with Crippen molar-refractivity contribution in [2.45, 2.75) is 40.0 Å². The SMILES string of the molecule is CCOc1cc(C)c(Cl)c(C)c1CCCCN. The Bertz CT molecular complexity index is 377. The molecule has 0 atom stereocenters. The van der Waals surface area contributed by atoms with Crippen LogP contribution in [0.1, 0.15) is 36.5 Å². The van der Waals surface area contributed by atoms with E-state index in [9.17, 15) is 0 Å². The topological polar surface area (TPSA) is 35.2 Å². The van der Waals surface area contributed by atoms with Crippen LogP contribution in [0.25, 0.3) is 0 Å². The number of nitrogens with two attached hydrogens (primary N) is 1. The van der Waals surface area contributed by atoms with E-state index < -0.39 is 0 Å². The maximum atomic E-state index is 6.29. The lowest BCUT2D eigenvalue weighted by molar-refractivity contribution is 0.335. The third-order valence-electron chi connectivity index (χ3n) is 2.95. The van der Waals surface area contributed by atoms with Crippen LogP contribution >= 0.6 is 11.6 Å². The van der Waals surface area contributed by atoms with Gasteiger partial charge in [-0.3, -0.25) is 0 Å². The number of hydrogen-bond donors (Lipinski definition) is 1. The number of rotatable bonds is 6. The van der Waals surface area contributed by atoms with Crippen LogP contribution in [0.15, 0.2) is 6.07 Å². The first-order valence-corrected chi connectivity index (χ1v) is 6.61. The zero-order chi connectivity index (χ0) is 12.8. The van der Waals surface area contributed by atoms with Crippen molar-refractivity contribution >= 4 is 11.6 Å². The number of ether oxygens (including phenoxy) is 1. The molecule has 2 nitrogen and oxygen atoms in total. The quantitative estimate of drug-likeness (QED) is 0.788. The summed E-state index contributed by atoms with van der Waals surface area (Å²) < 4.78 is 5.69. The molecular formula is C14H22ClNO. The molecule has 0 heterocycles. The fraction of sp³-hybridized carbons (Fsp3) is 0.571. The lowest BCUT2D eigenvalue weighted by Gasteiger charge is -2.16. The number of hydrogen-bond acceptors (Lipinski definition) is 2. The van der Waals surface area contributed by atoms with Crippen LogP contribution in [-0.2, 0) is 6.42 Å². The molecule has 0 amide bonds. The molecule has 17 heavy (non-hydrogen) atoms. The van der Waals surface area contributed by atoms with E-state index in [1.165, 1.54) is 5.56 Å². The average Bonchev–Trinajstić information content (AvgIpc) is 2.31. The Kier molecular flexibility index (Phi) is 5.79. The molecule has 0 saturated carbocycles. The molecule has 0 saturated heterocycles. The predicted octanol–water partition coefficient (Wildman–Crippen LogP) is 3.64. The van der Waals surface area contributed by atoms with Gasteiger partial charge in [0, 0.05) is 5.02 Å². The largest absolute Gasteiger partial charge is 0.494 e. The Balaban J connectivity index is 3.01. The van der Waals surface area contributed by atoms with Crippen molar-refractivity contribution in [3.05, 3.63) is 27.8 Å². The van der Waals surface area contributed by atoms with Gasteiger partial charge in [-0.25, -0.2) is 0 Å². The standard InChI is InChI=1S/C14H22ClNO/c1-4-17-13-9-10(2)14(15)11(3)12(13)7-5-6-8-16/h9H,4-8,16H2,1-3H3. The monoisotopic (exact) mass is 255 g/mol. The van der Waals surface area contributed by atoms with Crippen LogP contribution in [0.4, 0.5) is 0 Å². The summed E-state index contributed by atoms with van der Waals surface area (Å²) in [6, 6.07) is 2.04. The Hall–Kier alpha value is -0.730. The summed E-state index contributed by atoms with van der Waals surface area (Å²) >= 11 is 6.29. The van der Waals surface area contributed by atoms with E-state index in [2.05, 4.69) is 6.92 Å². The van der Waals surface area contributed by atoms with Gasteiger partial charge in [-0.05, 0) is 69.3 Å². The smallest absolute Gasteiger partial charge is 0.123 e. The second-order valence-corrected chi connectivity index (χ2v) is 4.67. The summed E-state index contributed by atoms with van der Waals surface area (Å²) in [5, 5.41) is 0.858. The Labute approximate surface area is 109 Å². The highest BCUT2D eigenvalue weighted by molar-refractivity contribution is 6.32. The van der Waals surface area contributed by atoms with Gasteiger partial charge in [0.1, 0.15) is 5.75 Å². The molecule has 0 aliphatic carbocycles. The molecule has 0 radical (unpaired) electrons. The Morgan fingerprint density at radius 2 is 2.00 bits per heavy atom. The second kappa shape index (κ2) is 6.87. The molecule has 1 rings (SSSR count). The molecular weight excluding hydrogens is 234 g/mol. The summed E-state index contributed by atoms with van der Waals surface area (Å²) in [6.45, 7) is 7.51. The molecule has 1 aromatic carbocycles. The molecule has 0 aliphatic heterocycles. The molecule has 0 spiro atoms. The summed E-state index contributed by atoms with van der Waals surface area (Å²) in [5.41, 5.74) is 8.98.